The molecule has 3 aromatic heterocycles. The monoisotopic (exact) mass is 616 g/mol. The first kappa shape index (κ1) is 30.4. The molecule has 1 aromatic carbocycles. The van der Waals surface area contributed by atoms with Gasteiger partial charge in [-0.25, -0.2) is 13.4 Å². The SMILES string of the molecule is C.Cc1ccc([C@H](CC(=O)O)c2ccn3c(C(F)(F)F)nnc3c2C)cc1CN1C[C@@H]2CCN2c2ncccc2S1(=O)=O. The van der Waals surface area contributed by atoms with Gasteiger partial charge in [0.2, 0.25) is 15.8 Å². The second kappa shape index (κ2) is 10.9. The Morgan fingerprint density at radius 2 is 1.93 bits per heavy atom. The largest absolute Gasteiger partial charge is 0.481 e. The summed E-state index contributed by atoms with van der Waals surface area (Å²) in [5.74, 6) is -2.54. The van der Waals surface area contributed by atoms with Gasteiger partial charge in [0.05, 0.1) is 6.42 Å². The number of halogens is 3. The van der Waals surface area contributed by atoms with Crippen LogP contribution in [0.15, 0.2) is 53.7 Å². The molecule has 0 unspecified atom stereocenters. The van der Waals surface area contributed by atoms with Crippen LogP contribution in [0.1, 0.15) is 59.8 Å². The van der Waals surface area contributed by atoms with Crippen molar-refractivity contribution in [3.63, 3.8) is 0 Å². The molecule has 43 heavy (non-hydrogen) atoms. The van der Waals surface area contributed by atoms with Gasteiger partial charge in [0, 0.05) is 44.0 Å². The number of hydrogen-bond acceptors (Lipinski definition) is 7. The van der Waals surface area contributed by atoms with Crippen LogP contribution in [0.4, 0.5) is 19.0 Å². The van der Waals surface area contributed by atoms with Crippen molar-refractivity contribution in [3.05, 3.63) is 82.4 Å². The molecule has 0 amide bonds. The summed E-state index contributed by atoms with van der Waals surface area (Å²) >= 11 is 0. The standard InChI is InChI=1S/C28H27F3N6O4S.CH4/c1-16-5-6-18(22(13-24(38)39)21-8-11-37-25(17(21)2)33-34-27(37)28(29,30)31)12-19(16)14-35-15-20-7-10-36(20)26-23(42(35,40)41)4-3-9-32-26;/h3-6,8-9,11-12,20,22H,7,10,13-15H2,1-2H3,(H,38,39);1H4/t20-,22-;/m0./s1. The number of aromatic nitrogens is 4. The number of alkyl halides is 3. The van der Waals surface area contributed by atoms with Crippen molar-refractivity contribution in [2.75, 3.05) is 18.0 Å². The third-order valence-corrected chi connectivity index (χ3v) is 10.0. The highest BCUT2D eigenvalue weighted by Gasteiger charge is 2.42. The summed E-state index contributed by atoms with van der Waals surface area (Å²) in [7, 11) is -3.88. The Morgan fingerprint density at radius 3 is 2.60 bits per heavy atom. The molecule has 0 aliphatic carbocycles. The van der Waals surface area contributed by atoms with Crippen LogP contribution in [-0.2, 0) is 27.5 Å². The van der Waals surface area contributed by atoms with E-state index in [9.17, 15) is 31.5 Å². The van der Waals surface area contributed by atoms with Gasteiger partial charge in [-0.15, -0.1) is 10.2 Å². The zero-order chi connectivity index (χ0) is 30.0. The summed E-state index contributed by atoms with van der Waals surface area (Å²) in [5, 5.41) is 16.8. The molecule has 2 atom stereocenters. The third kappa shape index (κ3) is 5.22. The Hall–Kier alpha value is -4.04. The van der Waals surface area contributed by atoms with Crippen LogP contribution in [0.5, 0.6) is 0 Å². The number of fused-ring (bicyclic) bond motifs is 4. The maximum atomic E-state index is 13.8. The van der Waals surface area contributed by atoms with Crippen molar-refractivity contribution in [2.45, 2.75) is 63.7 Å². The summed E-state index contributed by atoms with van der Waals surface area (Å²) in [6.07, 6.45) is -1.43. The van der Waals surface area contributed by atoms with Crippen LogP contribution in [-0.4, -0.2) is 62.5 Å². The molecule has 1 N–H and O–H groups in total. The van der Waals surface area contributed by atoms with Crippen LogP contribution >= 0.6 is 0 Å². The van der Waals surface area contributed by atoms with Gasteiger partial charge in [0.1, 0.15) is 10.7 Å². The van der Waals surface area contributed by atoms with Gasteiger partial charge in [-0.1, -0.05) is 25.6 Å². The zero-order valence-electron chi connectivity index (χ0n) is 22.7. The molecule has 4 aromatic rings. The van der Waals surface area contributed by atoms with Crippen LogP contribution in [0.3, 0.4) is 0 Å². The highest BCUT2D eigenvalue weighted by Crippen LogP contribution is 2.38. The molecule has 1 fully saturated rings. The number of carbonyl (C=O) groups is 1. The first-order valence-electron chi connectivity index (χ1n) is 13.3. The van der Waals surface area contributed by atoms with Crippen molar-refractivity contribution in [3.8, 4) is 0 Å². The van der Waals surface area contributed by atoms with E-state index < -0.39 is 33.9 Å². The number of sulfonamides is 1. The lowest BCUT2D eigenvalue weighted by molar-refractivity contribution is -0.145. The summed E-state index contributed by atoms with van der Waals surface area (Å²) in [4.78, 5) is 18.5. The van der Waals surface area contributed by atoms with Crippen molar-refractivity contribution in [1.29, 1.82) is 0 Å². The van der Waals surface area contributed by atoms with Gasteiger partial charge < -0.3 is 10.0 Å². The van der Waals surface area contributed by atoms with Crippen molar-refractivity contribution in [1.82, 2.24) is 23.9 Å². The van der Waals surface area contributed by atoms with Crippen LogP contribution in [0.25, 0.3) is 5.65 Å². The lowest BCUT2D eigenvalue weighted by atomic mass is 9.85. The Kier molecular flexibility index (Phi) is 7.71. The number of aliphatic carboxylic acids is 1. The average Bonchev–Trinajstić information content (AvgIpc) is 3.34. The molecule has 0 bridgehead atoms. The molecule has 0 spiro atoms. The molecule has 14 heteroatoms. The van der Waals surface area contributed by atoms with Gasteiger partial charge in [0.15, 0.2) is 5.65 Å². The van der Waals surface area contributed by atoms with Crippen molar-refractivity contribution < 1.29 is 31.5 Å². The number of carboxylic acid groups (broad SMARTS) is 1. The van der Waals surface area contributed by atoms with Gasteiger partial charge >= 0.3 is 12.1 Å². The summed E-state index contributed by atoms with van der Waals surface area (Å²) in [6.45, 7) is 4.52. The summed E-state index contributed by atoms with van der Waals surface area (Å²) < 4.78 is 70.1. The van der Waals surface area contributed by atoms with Crippen LogP contribution < -0.4 is 4.90 Å². The maximum Gasteiger partial charge on any atom is 0.452 e. The highest BCUT2D eigenvalue weighted by molar-refractivity contribution is 7.89. The van der Waals surface area contributed by atoms with E-state index in [-0.39, 0.29) is 43.5 Å². The second-order valence-electron chi connectivity index (χ2n) is 10.7. The van der Waals surface area contributed by atoms with E-state index in [2.05, 4.69) is 15.2 Å². The van der Waals surface area contributed by atoms with Crippen LogP contribution in [0, 0.1) is 13.8 Å². The molecule has 6 rings (SSSR count). The van der Waals surface area contributed by atoms with E-state index in [1.807, 2.05) is 17.9 Å². The number of anilines is 1. The molecule has 228 valence electrons. The minimum Gasteiger partial charge on any atom is -0.481 e. The Morgan fingerprint density at radius 1 is 1.16 bits per heavy atom. The van der Waals surface area contributed by atoms with Crippen molar-refractivity contribution in [2.24, 2.45) is 0 Å². The summed E-state index contributed by atoms with van der Waals surface area (Å²) in [6, 6.07) is 9.99. The lowest BCUT2D eigenvalue weighted by Crippen LogP contribution is -2.52. The predicted molar refractivity (Wildman–Crippen MR) is 152 cm³/mol. The molecular formula is C29H31F3N6O4S. The number of nitrogens with zero attached hydrogens (tertiary/aromatic N) is 6. The van der Waals surface area contributed by atoms with E-state index in [1.54, 1.807) is 37.4 Å². The maximum absolute atomic E-state index is 13.8. The lowest BCUT2D eigenvalue weighted by Gasteiger charge is -2.41. The third-order valence-electron chi connectivity index (χ3n) is 8.20. The number of aryl methyl sites for hydroxylation is 2. The van der Waals surface area contributed by atoms with Gasteiger partial charge in [-0.2, -0.15) is 17.5 Å². The summed E-state index contributed by atoms with van der Waals surface area (Å²) in [5.41, 5.74) is 2.97. The van der Waals surface area contributed by atoms with Crippen LogP contribution in [0.2, 0.25) is 0 Å². The van der Waals surface area contributed by atoms with E-state index in [4.69, 9.17) is 0 Å². The Balaban J connectivity index is 0.00000368. The Bertz CT molecular complexity index is 1820. The molecule has 2 aliphatic rings. The molecule has 1 saturated heterocycles. The number of rotatable bonds is 6. The fourth-order valence-corrected chi connectivity index (χ4v) is 7.46. The fourth-order valence-electron chi connectivity index (χ4n) is 5.85. The second-order valence-corrected chi connectivity index (χ2v) is 12.6. The topological polar surface area (TPSA) is 121 Å². The van der Waals surface area contributed by atoms with E-state index in [0.29, 0.717) is 28.1 Å². The van der Waals surface area contributed by atoms with E-state index >= 15 is 0 Å². The highest BCUT2D eigenvalue weighted by atomic mass is 32.2. The quantitative estimate of drug-likeness (QED) is 0.329. The smallest absolute Gasteiger partial charge is 0.452 e. The van der Waals surface area contributed by atoms with Gasteiger partial charge in [-0.3, -0.25) is 9.20 Å². The van der Waals surface area contributed by atoms with E-state index in [1.165, 1.54) is 16.6 Å². The Labute approximate surface area is 246 Å². The molecule has 0 radical (unpaired) electrons. The number of benzene rings is 1. The normalized spacial score (nSPS) is 18.6. The number of hydrogen-bond donors (Lipinski definition) is 1. The number of carboxylic acids is 1. The molecule has 2 aliphatic heterocycles. The fraction of sp³-hybridized carbons (Fsp3) is 0.379. The predicted octanol–water partition coefficient (Wildman–Crippen LogP) is 4.79. The molecule has 10 nitrogen and oxygen atoms in total. The molecular weight excluding hydrogens is 585 g/mol. The van der Waals surface area contributed by atoms with Gasteiger partial charge in [-0.05, 0) is 66.3 Å². The molecule has 0 saturated carbocycles. The average molecular weight is 617 g/mol. The first-order chi connectivity index (χ1) is 19.9. The molecule has 5 heterocycles. The van der Waals surface area contributed by atoms with E-state index in [0.717, 1.165) is 22.9 Å². The minimum atomic E-state index is -4.71. The first-order valence-corrected chi connectivity index (χ1v) is 14.7. The minimum absolute atomic E-state index is 0. The van der Waals surface area contributed by atoms with Gasteiger partial charge in [0.25, 0.3) is 0 Å². The van der Waals surface area contributed by atoms with Crippen molar-refractivity contribution >= 4 is 27.5 Å². The zero-order valence-corrected chi connectivity index (χ0v) is 23.5. The number of pyridine rings is 2.